The standard InChI is InChI=1S/C15H25N3O2S2.HI/c1-16-15(17-10-4-12-21-2)18-11-9-13-5-7-14(8-6-13)22(3,19)20;/h5-8H,4,9-12H2,1-3H3,(H2,16,17,18);1H. The van der Waals surface area contributed by atoms with Crippen LogP contribution in [-0.4, -0.2) is 52.8 Å². The number of nitrogens with one attached hydrogen (secondary N) is 2. The summed E-state index contributed by atoms with van der Waals surface area (Å²) in [7, 11) is -1.36. The normalized spacial score (nSPS) is 11.7. The lowest BCUT2D eigenvalue weighted by Crippen LogP contribution is -2.38. The minimum Gasteiger partial charge on any atom is -0.356 e. The first-order valence-electron chi connectivity index (χ1n) is 7.20. The molecule has 132 valence electrons. The summed E-state index contributed by atoms with van der Waals surface area (Å²) in [5.74, 6) is 1.94. The van der Waals surface area contributed by atoms with E-state index < -0.39 is 9.84 Å². The molecule has 0 aromatic heterocycles. The van der Waals surface area contributed by atoms with Crippen molar-refractivity contribution in [2.45, 2.75) is 17.7 Å². The quantitative estimate of drug-likeness (QED) is 0.263. The van der Waals surface area contributed by atoms with Gasteiger partial charge in [0.1, 0.15) is 0 Å². The summed E-state index contributed by atoms with van der Waals surface area (Å²) in [5.41, 5.74) is 1.10. The smallest absolute Gasteiger partial charge is 0.190 e. The molecule has 0 aliphatic rings. The molecular weight excluding hydrogens is 445 g/mol. The molecule has 0 aliphatic heterocycles. The third-order valence-corrected chi connectivity index (χ3v) is 4.92. The van der Waals surface area contributed by atoms with Gasteiger partial charge in [0.15, 0.2) is 15.8 Å². The average Bonchev–Trinajstić information content (AvgIpc) is 2.49. The minimum absolute atomic E-state index is 0. The first-order chi connectivity index (χ1) is 10.5. The molecule has 0 bridgehead atoms. The molecule has 23 heavy (non-hydrogen) atoms. The van der Waals surface area contributed by atoms with Crippen LogP contribution in [0.15, 0.2) is 34.2 Å². The van der Waals surface area contributed by atoms with Gasteiger partial charge in [-0.2, -0.15) is 11.8 Å². The Hall–Kier alpha value is -0.480. The lowest BCUT2D eigenvalue weighted by atomic mass is 10.1. The van der Waals surface area contributed by atoms with Crippen LogP contribution in [0.1, 0.15) is 12.0 Å². The number of guanidine groups is 1. The summed E-state index contributed by atoms with van der Waals surface area (Å²) in [6.07, 6.45) is 5.24. The maximum Gasteiger partial charge on any atom is 0.190 e. The molecule has 1 rings (SSSR count). The van der Waals surface area contributed by atoms with E-state index >= 15 is 0 Å². The maximum absolute atomic E-state index is 11.4. The van der Waals surface area contributed by atoms with Crippen molar-refractivity contribution in [3.8, 4) is 0 Å². The van der Waals surface area contributed by atoms with Gasteiger partial charge in [0.2, 0.25) is 0 Å². The summed E-state index contributed by atoms with van der Waals surface area (Å²) < 4.78 is 22.8. The Bertz CT molecular complexity index is 575. The van der Waals surface area contributed by atoms with Gasteiger partial charge < -0.3 is 10.6 Å². The number of halogens is 1. The second kappa shape index (κ2) is 12.0. The van der Waals surface area contributed by atoms with Crippen molar-refractivity contribution in [3.05, 3.63) is 29.8 Å². The van der Waals surface area contributed by atoms with Crippen LogP contribution >= 0.6 is 35.7 Å². The third-order valence-electron chi connectivity index (χ3n) is 3.10. The molecule has 8 heteroatoms. The van der Waals surface area contributed by atoms with Crippen LogP contribution in [0, 0.1) is 0 Å². The van der Waals surface area contributed by atoms with E-state index in [1.807, 2.05) is 23.9 Å². The lowest BCUT2D eigenvalue weighted by Gasteiger charge is -2.11. The predicted molar refractivity (Wildman–Crippen MR) is 111 cm³/mol. The molecule has 1 aromatic rings. The number of benzene rings is 1. The van der Waals surface area contributed by atoms with Crippen LogP contribution in [0.4, 0.5) is 0 Å². The van der Waals surface area contributed by atoms with Crippen LogP contribution in [0.5, 0.6) is 0 Å². The number of hydrogen-bond donors (Lipinski definition) is 2. The van der Waals surface area contributed by atoms with Crippen molar-refractivity contribution in [2.75, 3.05) is 38.4 Å². The van der Waals surface area contributed by atoms with Crippen LogP contribution in [0.2, 0.25) is 0 Å². The Morgan fingerprint density at radius 3 is 2.30 bits per heavy atom. The van der Waals surface area contributed by atoms with E-state index in [2.05, 4.69) is 21.9 Å². The van der Waals surface area contributed by atoms with Gasteiger partial charge in [0.05, 0.1) is 4.90 Å². The van der Waals surface area contributed by atoms with E-state index in [9.17, 15) is 8.42 Å². The third kappa shape index (κ3) is 9.41. The van der Waals surface area contributed by atoms with Crippen LogP contribution < -0.4 is 10.6 Å². The molecule has 1 aromatic carbocycles. The highest BCUT2D eigenvalue weighted by molar-refractivity contribution is 14.0. The van der Waals surface area contributed by atoms with Crippen molar-refractivity contribution in [1.82, 2.24) is 10.6 Å². The summed E-state index contributed by atoms with van der Waals surface area (Å²) in [4.78, 5) is 4.53. The zero-order valence-corrected chi connectivity index (χ0v) is 17.8. The second-order valence-electron chi connectivity index (χ2n) is 4.94. The molecule has 0 aliphatic carbocycles. The first-order valence-corrected chi connectivity index (χ1v) is 10.5. The second-order valence-corrected chi connectivity index (χ2v) is 7.94. The molecule has 0 amide bonds. The molecule has 0 atom stereocenters. The molecule has 0 radical (unpaired) electrons. The molecule has 0 spiro atoms. The molecule has 2 N–H and O–H groups in total. The molecule has 0 saturated heterocycles. The van der Waals surface area contributed by atoms with E-state index in [-0.39, 0.29) is 24.0 Å². The Balaban J connectivity index is 0.00000484. The SMILES string of the molecule is CN=C(NCCCSC)NCCc1ccc(S(C)(=O)=O)cc1.I. The summed E-state index contributed by atoms with van der Waals surface area (Å²) in [6, 6.07) is 7.01. The van der Waals surface area contributed by atoms with Gasteiger partial charge in [0, 0.05) is 26.4 Å². The fourth-order valence-corrected chi connectivity index (χ4v) is 2.94. The highest BCUT2D eigenvalue weighted by atomic mass is 127. The van der Waals surface area contributed by atoms with Crippen molar-refractivity contribution < 1.29 is 8.42 Å². The number of rotatable bonds is 8. The van der Waals surface area contributed by atoms with E-state index in [0.717, 1.165) is 43.2 Å². The summed E-state index contributed by atoms with van der Waals surface area (Å²) in [5, 5.41) is 6.52. The fourth-order valence-electron chi connectivity index (χ4n) is 1.87. The number of hydrogen-bond acceptors (Lipinski definition) is 4. The molecule has 0 saturated carbocycles. The zero-order chi connectivity index (χ0) is 16.4. The number of thioether (sulfide) groups is 1. The van der Waals surface area contributed by atoms with Crippen molar-refractivity contribution >= 4 is 51.5 Å². The van der Waals surface area contributed by atoms with E-state index in [1.165, 1.54) is 6.26 Å². The molecule has 5 nitrogen and oxygen atoms in total. The number of nitrogens with zero attached hydrogens (tertiary/aromatic N) is 1. The molecular formula is C15H26IN3O2S2. The Kier molecular flexibility index (Phi) is 11.7. The maximum atomic E-state index is 11.4. The van der Waals surface area contributed by atoms with Gasteiger partial charge >= 0.3 is 0 Å². The topological polar surface area (TPSA) is 70.6 Å². The van der Waals surface area contributed by atoms with E-state index in [4.69, 9.17) is 0 Å². The van der Waals surface area contributed by atoms with Crippen LogP contribution in [0.25, 0.3) is 0 Å². The Morgan fingerprint density at radius 1 is 1.17 bits per heavy atom. The van der Waals surface area contributed by atoms with Crippen molar-refractivity contribution in [2.24, 2.45) is 4.99 Å². The monoisotopic (exact) mass is 471 g/mol. The summed E-state index contributed by atoms with van der Waals surface area (Å²) >= 11 is 1.84. The van der Waals surface area contributed by atoms with E-state index in [0.29, 0.717) is 4.90 Å². The number of aliphatic imine (C=N–C) groups is 1. The molecule has 0 fully saturated rings. The number of sulfone groups is 1. The highest BCUT2D eigenvalue weighted by Gasteiger charge is 2.06. The van der Waals surface area contributed by atoms with Gasteiger partial charge in [-0.25, -0.2) is 8.42 Å². The van der Waals surface area contributed by atoms with E-state index in [1.54, 1.807) is 19.2 Å². The van der Waals surface area contributed by atoms with Gasteiger partial charge in [-0.3, -0.25) is 4.99 Å². The average molecular weight is 471 g/mol. The molecule has 0 heterocycles. The van der Waals surface area contributed by atoms with Crippen LogP contribution in [-0.2, 0) is 16.3 Å². The van der Waals surface area contributed by atoms with Crippen molar-refractivity contribution in [1.29, 1.82) is 0 Å². The minimum atomic E-state index is -3.12. The Morgan fingerprint density at radius 2 is 1.78 bits per heavy atom. The largest absolute Gasteiger partial charge is 0.356 e. The fraction of sp³-hybridized carbons (Fsp3) is 0.533. The Labute approximate surface area is 161 Å². The van der Waals surface area contributed by atoms with Gasteiger partial charge in [-0.15, -0.1) is 24.0 Å². The zero-order valence-electron chi connectivity index (χ0n) is 13.8. The van der Waals surface area contributed by atoms with Gasteiger partial charge in [-0.05, 0) is 42.5 Å². The molecule has 0 unspecified atom stereocenters. The van der Waals surface area contributed by atoms with Crippen LogP contribution in [0.3, 0.4) is 0 Å². The van der Waals surface area contributed by atoms with Crippen molar-refractivity contribution in [3.63, 3.8) is 0 Å². The van der Waals surface area contributed by atoms with Gasteiger partial charge in [0.25, 0.3) is 0 Å². The lowest BCUT2D eigenvalue weighted by molar-refractivity contribution is 0.602. The van der Waals surface area contributed by atoms with Gasteiger partial charge in [-0.1, -0.05) is 12.1 Å². The first kappa shape index (κ1) is 22.5. The highest BCUT2D eigenvalue weighted by Crippen LogP contribution is 2.10. The summed E-state index contributed by atoms with van der Waals surface area (Å²) in [6.45, 7) is 1.66. The predicted octanol–water partition coefficient (Wildman–Crippen LogP) is 2.17.